The summed E-state index contributed by atoms with van der Waals surface area (Å²) in [5.74, 6) is 1.21. The van der Waals surface area contributed by atoms with E-state index in [1.165, 1.54) is 26.5 Å². The van der Waals surface area contributed by atoms with Crippen molar-refractivity contribution in [2.24, 2.45) is 5.92 Å². The number of nitrogens with zero attached hydrogens (tertiary/aromatic N) is 3. The lowest BCUT2D eigenvalue weighted by atomic mass is 10.2. The maximum Gasteiger partial charge on any atom is 0.341 e. The summed E-state index contributed by atoms with van der Waals surface area (Å²) in [5, 5.41) is 0. The number of carbonyl (C=O) groups is 1. The number of nitrogen functional groups attached to an aromatic ring is 1. The van der Waals surface area contributed by atoms with Crippen LogP contribution < -0.4 is 10.6 Å². The van der Waals surface area contributed by atoms with Crippen LogP contribution in [0.5, 0.6) is 0 Å². The number of aromatic nitrogens is 1. The fraction of sp³-hybridized carbons (Fsp3) is 0.600. The number of carbonyl (C=O) groups excluding carboxylic acids is 1. The van der Waals surface area contributed by atoms with Crippen LogP contribution in [0.1, 0.15) is 23.2 Å². The van der Waals surface area contributed by atoms with Gasteiger partial charge in [0.2, 0.25) is 0 Å². The molecule has 1 saturated heterocycles. The Balaban J connectivity index is 1.70. The Kier molecular flexibility index (Phi) is 3.96. The molecule has 0 bridgehead atoms. The predicted octanol–water partition coefficient (Wildman–Crippen LogP) is 0.982. The average Bonchev–Trinajstić information content (AvgIpc) is 3.31. The SMILES string of the molecule is COC(=O)c1cc(N)cnc1N1CCN(CC2CC2)CC1. The Bertz CT molecular complexity index is 522. The smallest absolute Gasteiger partial charge is 0.341 e. The van der Waals surface area contributed by atoms with Gasteiger partial charge < -0.3 is 15.4 Å². The van der Waals surface area contributed by atoms with Gasteiger partial charge in [-0.15, -0.1) is 0 Å². The van der Waals surface area contributed by atoms with E-state index in [0.717, 1.165) is 32.1 Å². The molecule has 1 aromatic heterocycles. The van der Waals surface area contributed by atoms with E-state index in [1.54, 1.807) is 12.3 Å². The maximum absolute atomic E-state index is 11.9. The Labute approximate surface area is 124 Å². The molecule has 2 N–H and O–H groups in total. The molecule has 2 fully saturated rings. The normalized spacial score (nSPS) is 19.6. The second-order valence-electron chi connectivity index (χ2n) is 5.86. The molecule has 1 aromatic rings. The van der Waals surface area contributed by atoms with Crippen molar-refractivity contribution in [2.45, 2.75) is 12.8 Å². The molecule has 6 heteroatoms. The first-order valence-electron chi connectivity index (χ1n) is 7.48. The summed E-state index contributed by atoms with van der Waals surface area (Å²) in [6.45, 7) is 5.01. The highest BCUT2D eigenvalue weighted by atomic mass is 16.5. The van der Waals surface area contributed by atoms with Crippen LogP contribution in [0.3, 0.4) is 0 Å². The van der Waals surface area contributed by atoms with Gasteiger partial charge in [0.05, 0.1) is 19.0 Å². The fourth-order valence-electron chi connectivity index (χ4n) is 2.79. The molecular formula is C15H22N4O2. The van der Waals surface area contributed by atoms with Crippen molar-refractivity contribution in [3.63, 3.8) is 0 Å². The van der Waals surface area contributed by atoms with Gasteiger partial charge in [-0.05, 0) is 24.8 Å². The summed E-state index contributed by atoms with van der Waals surface area (Å²) < 4.78 is 4.83. The highest BCUT2D eigenvalue weighted by Gasteiger charge is 2.28. The van der Waals surface area contributed by atoms with Crippen LogP contribution in [0.4, 0.5) is 11.5 Å². The number of hydrogen-bond acceptors (Lipinski definition) is 6. The van der Waals surface area contributed by atoms with Crippen LogP contribution >= 0.6 is 0 Å². The van der Waals surface area contributed by atoms with Crippen LogP contribution in [0, 0.1) is 5.92 Å². The summed E-state index contributed by atoms with van der Waals surface area (Å²) in [5.41, 5.74) is 6.67. The summed E-state index contributed by atoms with van der Waals surface area (Å²) in [6.07, 6.45) is 4.36. The minimum Gasteiger partial charge on any atom is -0.465 e. The average molecular weight is 290 g/mol. The van der Waals surface area contributed by atoms with E-state index in [-0.39, 0.29) is 5.97 Å². The van der Waals surface area contributed by atoms with Gasteiger partial charge in [0, 0.05) is 32.7 Å². The van der Waals surface area contributed by atoms with Gasteiger partial charge >= 0.3 is 5.97 Å². The third-order valence-electron chi connectivity index (χ3n) is 4.18. The van der Waals surface area contributed by atoms with Crippen LogP contribution in [0.2, 0.25) is 0 Å². The van der Waals surface area contributed by atoms with Crippen molar-refractivity contribution in [1.29, 1.82) is 0 Å². The molecule has 6 nitrogen and oxygen atoms in total. The highest BCUT2D eigenvalue weighted by Crippen LogP contribution is 2.30. The number of methoxy groups -OCH3 is 1. The van der Waals surface area contributed by atoms with Gasteiger partial charge in [0.1, 0.15) is 11.4 Å². The van der Waals surface area contributed by atoms with E-state index >= 15 is 0 Å². The molecule has 1 aliphatic carbocycles. The molecule has 0 spiro atoms. The molecule has 0 unspecified atom stereocenters. The summed E-state index contributed by atoms with van der Waals surface area (Å²) >= 11 is 0. The lowest BCUT2D eigenvalue weighted by molar-refractivity contribution is 0.0601. The van der Waals surface area contributed by atoms with Gasteiger partial charge in [-0.1, -0.05) is 0 Å². The van der Waals surface area contributed by atoms with Crippen molar-refractivity contribution >= 4 is 17.5 Å². The van der Waals surface area contributed by atoms with Gasteiger partial charge in [0.25, 0.3) is 0 Å². The Hall–Kier alpha value is -1.82. The lowest BCUT2D eigenvalue weighted by Crippen LogP contribution is -2.47. The minimum absolute atomic E-state index is 0.384. The lowest BCUT2D eigenvalue weighted by Gasteiger charge is -2.36. The molecule has 0 amide bonds. The number of pyridine rings is 1. The molecule has 0 atom stereocenters. The molecule has 2 aliphatic rings. The number of nitrogens with two attached hydrogens (primary N) is 1. The van der Waals surface area contributed by atoms with E-state index < -0.39 is 0 Å². The summed E-state index contributed by atoms with van der Waals surface area (Å²) in [6, 6.07) is 1.64. The highest BCUT2D eigenvalue weighted by molar-refractivity contribution is 5.95. The number of ether oxygens (including phenoxy) is 1. The van der Waals surface area contributed by atoms with E-state index in [9.17, 15) is 4.79 Å². The molecular weight excluding hydrogens is 268 g/mol. The molecule has 0 aromatic carbocycles. The Morgan fingerprint density at radius 2 is 2.10 bits per heavy atom. The maximum atomic E-state index is 11.9. The van der Waals surface area contributed by atoms with E-state index in [0.29, 0.717) is 17.1 Å². The number of anilines is 2. The number of piperazine rings is 1. The quantitative estimate of drug-likeness (QED) is 0.834. The number of esters is 1. The third kappa shape index (κ3) is 3.26. The van der Waals surface area contributed by atoms with Crippen molar-refractivity contribution in [1.82, 2.24) is 9.88 Å². The van der Waals surface area contributed by atoms with Crippen LogP contribution in [0.25, 0.3) is 0 Å². The summed E-state index contributed by atoms with van der Waals surface area (Å²) in [4.78, 5) is 20.9. The summed E-state index contributed by atoms with van der Waals surface area (Å²) in [7, 11) is 1.38. The zero-order valence-electron chi connectivity index (χ0n) is 12.4. The molecule has 1 aliphatic heterocycles. The van der Waals surface area contributed by atoms with Crippen LogP contribution in [-0.4, -0.2) is 55.7 Å². The standard InChI is InChI=1S/C15H22N4O2/c1-21-15(20)13-8-12(16)9-17-14(13)19-6-4-18(5-7-19)10-11-2-3-11/h8-9,11H,2-7,10,16H2,1H3. The first kappa shape index (κ1) is 14.1. The third-order valence-corrected chi connectivity index (χ3v) is 4.18. The second kappa shape index (κ2) is 5.89. The minimum atomic E-state index is -0.384. The molecule has 114 valence electrons. The van der Waals surface area contributed by atoms with Crippen LogP contribution in [-0.2, 0) is 4.74 Å². The molecule has 0 radical (unpaired) electrons. The van der Waals surface area contributed by atoms with E-state index in [1.807, 2.05) is 0 Å². The topological polar surface area (TPSA) is 71.7 Å². The van der Waals surface area contributed by atoms with Gasteiger partial charge in [-0.2, -0.15) is 0 Å². The zero-order chi connectivity index (χ0) is 14.8. The first-order chi connectivity index (χ1) is 10.2. The predicted molar refractivity (Wildman–Crippen MR) is 81.4 cm³/mol. The van der Waals surface area contributed by atoms with Gasteiger partial charge in [0.15, 0.2) is 0 Å². The van der Waals surface area contributed by atoms with Gasteiger partial charge in [-0.3, -0.25) is 4.90 Å². The zero-order valence-corrected chi connectivity index (χ0v) is 12.4. The van der Waals surface area contributed by atoms with E-state index in [4.69, 9.17) is 10.5 Å². The van der Waals surface area contributed by atoms with Crippen molar-refractivity contribution in [3.05, 3.63) is 17.8 Å². The van der Waals surface area contributed by atoms with Crippen molar-refractivity contribution < 1.29 is 9.53 Å². The van der Waals surface area contributed by atoms with E-state index in [2.05, 4.69) is 14.8 Å². The largest absolute Gasteiger partial charge is 0.465 e. The van der Waals surface area contributed by atoms with Crippen LogP contribution in [0.15, 0.2) is 12.3 Å². The van der Waals surface area contributed by atoms with Crippen molar-refractivity contribution in [3.8, 4) is 0 Å². The molecule has 21 heavy (non-hydrogen) atoms. The monoisotopic (exact) mass is 290 g/mol. The molecule has 2 heterocycles. The van der Waals surface area contributed by atoms with Gasteiger partial charge in [-0.25, -0.2) is 9.78 Å². The fourth-order valence-corrected chi connectivity index (χ4v) is 2.79. The first-order valence-corrected chi connectivity index (χ1v) is 7.48. The molecule has 3 rings (SSSR count). The second-order valence-corrected chi connectivity index (χ2v) is 5.86. The van der Waals surface area contributed by atoms with Crippen molar-refractivity contribution in [2.75, 3.05) is 50.5 Å². The molecule has 1 saturated carbocycles. The Morgan fingerprint density at radius 1 is 1.38 bits per heavy atom. The Morgan fingerprint density at radius 3 is 2.71 bits per heavy atom. The number of rotatable bonds is 4. The number of hydrogen-bond donors (Lipinski definition) is 1.